The fourth-order valence-electron chi connectivity index (χ4n) is 3.43. The van der Waals surface area contributed by atoms with Crippen molar-refractivity contribution >= 4 is 34.1 Å². The summed E-state index contributed by atoms with van der Waals surface area (Å²) in [5.74, 6) is 0.587. The first-order valence-electron chi connectivity index (χ1n) is 9.02. The number of fused-ring (bicyclic) bond motifs is 1. The van der Waals surface area contributed by atoms with Gasteiger partial charge in [-0.05, 0) is 32.0 Å². The van der Waals surface area contributed by atoms with Crippen molar-refractivity contribution in [2.75, 3.05) is 18.5 Å². The van der Waals surface area contributed by atoms with Crippen molar-refractivity contribution in [2.45, 2.75) is 20.4 Å². The third-order valence-electron chi connectivity index (χ3n) is 4.69. The van der Waals surface area contributed by atoms with Crippen LogP contribution in [0.15, 0.2) is 41.9 Å². The number of carbonyl (C=O) groups is 1. The van der Waals surface area contributed by atoms with Gasteiger partial charge in [-0.15, -0.1) is 11.3 Å². The molecule has 28 heavy (non-hydrogen) atoms. The van der Waals surface area contributed by atoms with E-state index in [0.717, 1.165) is 27.6 Å². The molecular weight excluding hydrogens is 374 g/mol. The van der Waals surface area contributed by atoms with Crippen LogP contribution < -0.4 is 5.32 Å². The Kier molecular flexibility index (Phi) is 4.97. The van der Waals surface area contributed by atoms with E-state index in [1.54, 1.807) is 6.20 Å². The number of imidazole rings is 1. The second-order valence-corrected chi connectivity index (χ2v) is 7.39. The van der Waals surface area contributed by atoms with Gasteiger partial charge in [0, 0.05) is 35.1 Å². The maximum absolute atomic E-state index is 13.2. The molecule has 0 atom stereocenters. The minimum absolute atomic E-state index is 0.00566. The van der Waals surface area contributed by atoms with Gasteiger partial charge in [0.05, 0.1) is 24.2 Å². The number of anilines is 1. The number of para-hydroxylation sites is 2. The summed E-state index contributed by atoms with van der Waals surface area (Å²) in [6.45, 7) is 4.45. The van der Waals surface area contributed by atoms with Crippen LogP contribution in [0.2, 0.25) is 0 Å². The molecule has 8 heteroatoms. The Bertz CT molecular complexity index is 1130. The maximum atomic E-state index is 13.2. The molecule has 0 saturated carbocycles. The Morgan fingerprint density at radius 3 is 2.86 bits per heavy atom. The second kappa shape index (κ2) is 7.57. The van der Waals surface area contributed by atoms with Crippen molar-refractivity contribution in [1.29, 1.82) is 0 Å². The lowest BCUT2D eigenvalue weighted by Gasteiger charge is -2.10. The Morgan fingerprint density at radius 2 is 2.11 bits per heavy atom. The fourth-order valence-corrected chi connectivity index (χ4v) is 4.18. The van der Waals surface area contributed by atoms with Gasteiger partial charge in [0.1, 0.15) is 0 Å². The van der Waals surface area contributed by atoms with Gasteiger partial charge in [0.2, 0.25) is 5.95 Å². The van der Waals surface area contributed by atoms with Crippen molar-refractivity contribution in [1.82, 2.24) is 19.1 Å². The minimum atomic E-state index is -0.00782. The van der Waals surface area contributed by atoms with Gasteiger partial charge < -0.3 is 15.0 Å². The molecule has 7 nitrogen and oxygen atoms in total. The highest BCUT2D eigenvalue weighted by atomic mass is 32.1. The standard InChI is InChI=1S/C20H21N5O2S/c1-13-11-15(14(2)25(13)20-22-8-10-28-20)18(27)12-24-17-6-4-3-5-16(17)23-19(24)21-7-9-26/h3-6,8,10-11,26H,7,9,12H2,1-2H3,(H,21,23). The molecule has 4 rings (SSSR count). The zero-order valence-corrected chi connectivity index (χ0v) is 16.5. The lowest BCUT2D eigenvalue weighted by molar-refractivity contribution is 0.0973. The van der Waals surface area contributed by atoms with Crippen LogP contribution >= 0.6 is 11.3 Å². The molecular formula is C20H21N5O2S. The number of aromatic nitrogens is 4. The van der Waals surface area contributed by atoms with Gasteiger partial charge in [-0.2, -0.15) is 0 Å². The van der Waals surface area contributed by atoms with Gasteiger partial charge in [-0.1, -0.05) is 12.1 Å². The highest BCUT2D eigenvalue weighted by Gasteiger charge is 2.20. The maximum Gasteiger partial charge on any atom is 0.204 e. The van der Waals surface area contributed by atoms with Crippen LogP contribution in [0.5, 0.6) is 0 Å². The van der Waals surface area contributed by atoms with Crippen molar-refractivity contribution < 1.29 is 9.90 Å². The molecule has 0 unspecified atom stereocenters. The first kappa shape index (κ1) is 18.4. The first-order chi connectivity index (χ1) is 13.6. The Morgan fingerprint density at radius 1 is 1.29 bits per heavy atom. The third kappa shape index (κ3) is 3.21. The Labute approximate surface area is 166 Å². The normalized spacial score (nSPS) is 11.2. The summed E-state index contributed by atoms with van der Waals surface area (Å²) in [7, 11) is 0. The molecule has 0 aliphatic heterocycles. The van der Waals surface area contributed by atoms with E-state index < -0.39 is 0 Å². The number of nitrogens with one attached hydrogen (secondary N) is 1. The number of hydrogen-bond acceptors (Lipinski definition) is 6. The van der Waals surface area contributed by atoms with Gasteiger partial charge in [-0.3, -0.25) is 9.36 Å². The van der Waals surface area contributed by atoms with E-state index in [1.165, 1.54) is 11.3 Å². The molecule has 1 aromatic carbocycles. The topological polar surface area (TPSA) is 85.0 Å². The molecule has 0 radical (unpaired) electrons. The lowest BCUT2D eigenvalue weighted by atomic mass is 10.1. The molecule has 144 valence electrons. The number of ketones is 1. The molecule has 3 aromatic heterocycles. The number of benzene rings is 1. The lowest BCUT2D eigenvalue weighted by Crippen LogP contribution is -2.16. The quantitative estimate of drug-likeness (QED) is 0.470. The first-order valence-corrected chi connectivity index (χ1v) is 9.90. The summed E-state index contributed by atoms with van der Waals surface area (Å²) in [5, 5.41) is 15.0. The van der Waals surface area contributed by atoms with Crippen molar-refractivity contribution in [3.8, 4) is 5.13 Å². The molecule has 4 aromatic rings. The molecule has 0 bridgehead atoms. The van der Waals surface area contributed by atoms with E-state index in [-0.39, 0.29) is 18.9 Å². The second-order valence-electron chi connectivity index (χ2n) is 6.52. The van der Waals surface area contributed by atoms with E-state index in [4.69, 9.17) is 5.11 Å². The highest BCUT2D eigenvalue weighted by molar-refractivity contribution is 7.12. The number of aryl methyl sites for hydroxylation is 1. The van der Waals surface area contributed by atoms with E-state index in [9.17, 15) is 4.79 Å². The van der Waals surface area contributed by atoms with Crippen LogP contribution in [0.3, 0.4) is 0 Å². The fraction of sp³-hybridized carbons (Fsp3) is 0.250. The largest absolute Gasteiger partial charge is 0.395 e. The number of nitrogens with zero attached hydrogens (tertiary/aromatic N) is 4. The van der Waals surface area contributed by atoms with Crippen molar-refractivity contribution in [3.63, 3.8) is 0 Å². The molecule has 0 amide bonds. The summed E-state index contributed by atoms with van der Waals surface area (Å²) in [4.78, 5) is 22.1. The predicted octanol–water partition coefficient (Wildman–Crippen LogP) is 3.19. The number of aliphatic hydroxyl groups excluding tert-OH is 1. The summed E-state index contributed by atoms with van der Waals surface area (Å²) in [6.07, 6.45) is 1.76. The SMILES string of the molecule is Cc1cc(C(=O)Cn2c(NCCO)nc3ccccc32)c(C)n1-c1nccs1. The van der Waals surface area contributed by atoms with E-state index in [0.29, 0.717) is 18.1 Å². The molecule has 0 aliphatic rings. The molecule has 0 saturated heterocycles. The minimum Gasteiger partial charge on any atom is -0.395 e. The van der Waals surface area contributed by atoms with E-state index in [2.05, 4.69) is 15.3 Å². The zero-order valence-electron chi connectivity index (χ0n) is 15.7. The van der Waals surface area contributed by atoms with Crippen LogP contribution in [0, 0.1) is 13.8 Å². The monoisotopic (exact) mass is 395 g/mol. The zero-order chi connectivity index (χ0) is 19.7. The third-order valence-corrected chi connectivity index (χ3v) is 5.45. The highest BCUT2D eigenvalue weighted by Crippen LogP contribution is 2.25. The molecule has 0 aliphatic carbocycles. The van der Waals surface area contributed by atoms with Gasteiger partial charge in [0.25, 0.3) is 0 Å². The van der Waals surface area contributed by atoms with Crippen LogP contribution in [-0.4, -0.2) is 43.1 Å². The summed E-state index contributed by atoms with van der Waals surface area (Å²) >= 11 is 1.54. The molecule has 0 fully saturated rings. The summed E-state index contributed by atoms with van der Waals surface area (Å²) in [6, 6.07) is 9.61. The number of rotatable bonds is 7. The predicted molar refractivity (Wildman–Crippen MR) is 111 cm³/mol. The van der Waals surface area contributed by atoms with Crippen LogP contribution in [0.1, 0.15) is 21.7 Å². The average molecular weight is 395 g/mol. The van der Waals surface area contributed by atoms with Crippen LogP contribution in [-0.2, 0) is 6.54 Å². The van der Waals surface area contributed by atoms with Gasteiger partial charge in [0.15, 0.2) is 10.9 Å². The number of Topliss-reactive ketones (excluding diaryl/α,β-unsaturated/α-hetero) is 1. The molecule has 2 N–H and O–H groups in total. The molecule has 3 heterocycles. The Balaban J connectivity index is 1.70. The van der Waals surface area contributed by atoms with Crippen molar-refractivity contribution in [3.05, 3.63) is 58.9 Å². The van der Waals surface area contributed by atoms with Crippen LogP contribution in [0.25, 0.3) is 16.2 Å². The van der Waals surface area contributed by atoms with E-state index in [1.807, 2.05) is 58.7 Å². The van der Waals surface area contributed by atoms with Gasteiger partial charge >= 0.3 is 0 Å². The average Bonchev–Trinajstić information content (AvgIpc) is 3.39. The van der Waals surface area contributed by atoms with E-state index >= 15 is 0 Å². The smallest absolute Gasteiger partial charge is 0.204 e. The van der Waals surface area contributed by atoms with Crippen molar-refractivity contribution in [2.24, 2.45) is 0 Å². The van der Waals surface area contributed by atoms with Crippen LogP contribution in [0.4, 0.5) is 5.95 Å². The number of hydrogen-bond donors (Lipinski definition) is 2. The Hall–Kier alpha value is -2.97. The number of carbonyl (C=O) groups excluding carboxylic acids is 1. The summed E-state index contributed by atoms with van der Waals surface area (Å²) in [5.41, 5.74) is 4.23. The number of aliphatic hydroxyl groups is 1. The summed E-state index contributed by atoms with van der Waals surface area (Å²) < 4.78 is 3.87. The molecule has 0 spiro atoms. The number of thiazole rings is 1. The van der Waals surface area contributed by atoms with Gasteiger partial charge in [-0.25, -0.2) is 9.97 Å².